The average molecular weight is 353 g/mol. The predicted octanol–water partition coefficient (Wildman–Crippen LogP) is 3.26. The van der Waals surface area contributed by atoms with Gasteiger partial charge in [-0.15, -0.1) is 0 Å². The number of piperidine rings is 2. The molecule has 0 radical (unpaired) electrons. The molecule has 5 heteroatoms. The third-order valence-electron chi connectivity index (χ3n) is 7.53. The molecule has 7 rings (SSSR count). The SMILES string of the molecule is OC(CC1c2c(F)cccc2-c2cncn21)C12CC3CC(C1)NC(C3)C2. The van der Waals surface area contributed by atoms with E-state index in [1.807, 2.05) is 6.07 Å². The molecule has 136 valence electrons. The normalized spacial score (nSPS) is 37.6. The number of hydrogen-bond donors (Lipinski definition) is 2. The Morgan fingerprint density at radius 2 is 2.08 bits per heavy atom. The lowest BCUT2D eigenvalue weighted by molar-refractivity contribution is -0.102. The molecule has 26 heavy (non-hydrogen) atoms. The van der Waals surface area contributed by atoms with E-state index in [9.17, 15) is 9.50 Å². The van der Waals surface area contributed by atoms with E-state index in [1.165, 1.54) is 18.9 Å². The maximum atomic E-state index is 14.7. The van der Waals surface area contributed by atoms with Crippen LogP contribution in [0.3, 0.4) is 0 Å². The molecule has 4 atom stereocenters. The van der Waals surface area contributed by atoms with E-state index >= 15 is 0 Å². The summed E-state index contributed by atoms with van der Waals surface area (Å²) < 4.78 is 16.7. The quantitative estimate of drug-likeness (QED) is 0.890. The van der Waals surface area contributed by atoms with Crippen molar-refractivity contribution in [3.05, 3.63) is 42.1 Å². The molecule has 4 nitrogen and oxygen atoms in total. The maximum Gasteiger partial charge on any atom is 0.129 e. The Morgan fingerprint density at radius 1 is 1.27 bits per heavy atom. The molecule has 2 N–H and O–H groups in total. The molecule has 0 spiro atoms. The zero-order chi connectivity index (χ0) is 17.5. The second kappa shape index (κ2) is 5.17. The van der Waals surface area contributed by atoms with Crippen LogP contribution in [0.5, 0.6) is 0 Å². The van der Waals surface area contributed by atoms with Crippen LogP contribution in [-0.4, -0.2) is 32.8 Å². The summed E-state index contributed by atoms with van der Waals surface area (Å²) in [5, 5.41) is 15.1. The van der Waals surface area contributed by atoms with Crippen LogP contribution in [0.15, 0.2) is 30.7 Å². The Bertz CT molecular complexity index is 841. The first kappa shape index (κ1) is 15.3. The number of imidazole rings is 1. The van der Waals surface area contributed by atoms with Crippen molar-refractivity contribution in [2.45, 2.75) is 62.8 Å². The Kier molecular flexibility index (Phi) is 3.05. The number of nitrogens with one attached hydrogen (secondary N) is 1. The molecule has 4 fully saturated rings. The lowest BCUT2D eigenvalue weighted by Crippen LogP contribution is -2.63. The van der Waals surface area contributed by atoms with Crippen molar-refractivity contribution in [1.82, 2.24) is 14.9 Å². The second-order valence-corrected chi connectivity index (χ2v) is 9.03. The van der Waals surface area contributed by atoms with Gasteiger partial charge in [0.15, 0.2) is 0 Å². The van der Waals surface area contributed by atoms with Crippen molar-refractivity contribution in [2.75, 3.05) is 0 Å². The van der Waals surface area contributed by atoms with E-state index in [-0.39, 0.29) is 17.3 Å². The monoisotopic (exact) mass is 353 g/mol. The first-order valence-electron chi connectivity index (χ1n) is 9.88. The molecule has 2 saturated heterocycles. The number of aliphatic hydroxyl groups excluding tert-OH is 1. The fourth-order valence-electron chi connectivity index (χ4n) is 6.73. The Hall–Kier alpha value is -1.72. The van der Waals surface area contributed by atoms with Crippen LogP contribution in [0, 0.1) is 17.2 Å². The summed E-state index contributed by atoms with van der Waals surface area (Å²) in [5.74, 6) is 0.579. The number of nitrogens with zero attached hydrogens (tertiary/aromatic N) is 2. The van der Waals surface area contributed by atoms with E-state index in [0.717, 1.165) is 42.0 Å². The van der Waals surface area contributed by atoms with Gasteiger partial charge in [0.05, 0.1) is 30.4 Å². The largest absolute Gasteiger partial charge is 0.392 e. The van der Waals surface area contributed by atoms with Crippen molar-refractivity contribution < 1.29 is 9.50 Å². The van der Waals surface area contributed by atoms with Crippen LogP contribution in [0.2, 0.25) is 0 Å². The van der Waals surface area contributed by atoms with Gasteiger partial charge < -0.3 is 15.0 Å². The van der Waals surface area contributed by atoms with Crippen LogP contribution in [-0.2, 0) is 0 Å². The van der Waals surface area contributed by atoms with Gasteiger partial charge in [0, 0.05) is 23.2 Å². The van der Waals surface area contributed by atoms with E-state index in [2.05, 4.69) is 14.9 Å². The number of hydrogen-bond acceptors (Lipinski definition) is 3. The highest BCUT2D eigenvalue weighted by Crippen LogP contribution is 2.56. The van der Waals surface area contributed by atoms with Crippen molar-refractivity contribution in [3.63, 3.8) is 0 Å². The summed E-state index contributed by atoms with van der Waals surface area (Å²) in [6.45, 7) is 0. The molecule has 3 aliphatic heterocycles. The highest BCUT2D eigenvalue weighted by molar-refractivity contribution is 5.69. The molecule has 5 aliphatic rings. The van der Waals surface area contributed by atoms with Crippen molar-refractivity contribution in [2.24, 2.45) is 11.3 Å². The minimum absolute atomic E-state index is 0.0104. The number of benzene rings is 1. The summed E-state index contributed by atoms with van der Waals surface area (Å²) >= 11 is 0. The molecule has 0 amide bonds. The number of aromatic nitrogens is 2. The first-order chi connectivity index (χ1) is 12.6. The molecule has 4 heterocycles. The van der Waals surface area contributed by atoms with Crippen LogP contribution in [0.1, 0.15) is 50.1 Å². The molecule has 2 aliphatic carbocycles. The fraction of sp³-hybridized carbons (Fsp3) is 0.571. The number of fused-ring (bicyclic) bond motifs is 3. The lowest BCUT2D eigenvalue weighted by Gasteiger charge is -2.59. The van der Waals surface area contributed by atoms with Crippen LogP contribution in [0.4, 0.5) is 4.39 Å². The fourth-order valence-corrected chi connectivity index (χ4v) is 6.73. The van der Waals surface area contributed by atoms with Gasteiger partial charge >= 0.3 is 0 Å². The van der Waals surface area contributed by atoms with Crippen LogP contribution < -0.4 is 5.32 Å². The smallest absolute Gasteiger partial charge is 0.129 e. The zero-order valence-electron chi connectivity index (χ0n) is 14.7. The van der Waals surface area contributed by atoms with Gasteiger partial charge in [-0.05, 0) is 55.9 Å². The van der Waals surface area contributed by atoms with Gasteiger partial charge in [-0.3, -0.25) is 0 Å². The van der Waals surface area contributed by atoms with Crippen molar-refractivity contribution in [3.8, 4) is 11.3 Å². The Balaban J connectivity index is 1.35. The van der Waals surface area contributed by atoms with Gasteiger partial charge in [-0.25, -0.2) is 9.37 Å². The van der Waals surface area contributed by atoms with E-state index in [1.54, 1.807) is 18.6 Å². The van der Waals surface area contributed by atoms with Gasteiger partial charge in [0.1, 0.15) is 5.82 Å². The second-order valence-electron chi connectivity index (χ2n) is 9.03. The molecule has 1 aromatic carbocycles. The molecular weight excluding hydrogens is 329 g/mol. The minimum Gasteiger partial charge on any atom is -0.392 e. The van der Waals surface area contributed by atoms with E-state index < -0.39 is 6.10 Å². The standard InChI is InChI=1S/C21H24FN3O/c22-16-3-1-2-15-18-10-23-11-25(18)17(20(15)16)6-19(26)21-7-12-4-13(8-21)24-14(5-12)9-21/h1-3,10-14,17,19,24,26H,4-9H2. The Morgan fingerprint density at radius 3 is 2.85 bits per heavy atom. The summed E-state index contributed by atoms with van der Waals surface area (Å²) in [6, 6.07) is 6.23. The van der Waals surface area contributed by atoms with Crippen molar-refractivity contribution in [1.29, 1.82) is 0 Å². The third-order valence-corrected chi connectivity index (χ3v) is 7.53. The van der Waals surface area contributed by atoms with Gasteiger partial charge in [-0.1, -0.05) is 12.1 Å². The minimum atomic E-state index is -0.400. The summed E-state index contributed by atoms with van der Waals surface area (Å²) in [5.41, 5.74) is 2.62. The first-order valence-corrected chi connectivity index (χ1v) is 9.88. The predicted molar refractivity (Wildman–Crippen MR) is 96.1 cm³/mol. The van der Waals surface area contributed by atoms with Crippen molar-refractivity contribution >= 4 is 0 Å². The molecule has 1 aromatic heterocycles. The van der Waals surface area contributed by atoms with Gasteiger partial charge in [0.25, 0.3) is 0 Å². The number of aliphatic hydroxyl groups is 1. The Labute approximate surface area is 152 Å². The van der Waals surface area contributed by atoms with Crippen LogP contribution in [0.25, 0.3) is 11.3 Å². The lowest BCUT2D eigenvalue weighted by atomic mass is 9.53. The maximum absolute atomic E-state index is 14.7. The van der Waals surface area contributed by atoms with E-state index in [4.69, 9.17) is 0 Å². The molecule has 4 bridgehead atoms. The topological polar surface area (TPSA) is 50.1 Å². The highest BCUT2D eigenvalue weighted by atomic mass is 19.1. The van der Waals surface area contributed by atoms with Gasteiger partial charge in [0.2, 0.25) is 0 Å². The molecule has 2 aromatic rings. The van der Waals surface area contributed by atoms with E-state index in [0.29, 0.717) is 18.5 Å². The highest BCUT2D eigenvalue weighted by Gasteiger charge is 2.54. The zero-order valence-corrected chi connectivity index (χ0v) is 14.7. The number of rotatable bonds is 3. The third kappa shape index (κ3) is 1.99. The average Bonchev–Trinajstić information content (AvgIpc) is 3.17. The summed E-state index contributed by atoms with van der Waals surface area (Å²) in [6.07, 6.45) is 9.55. The van der Waals surface area contributed by atoms with Gasteiger partial charge in [-0.2, -0.15) is 0 Å². The summed E-state index contributed by atoms with van der Waals surface area (Å²) in [7, 11) is 0. The molecule has 2 saturated carbocycles. The summed E-state index contributed by atoms with van der Waals surface area (Å²) in [4.78, 5) is 4.27. The molecular formula is C21H24FN3O. The van der Waals surface area contributed by atoms with Crippen LogP contribution >= 0.6 is 0 Å². The number of halogens is 1. The molecule has 4 unspecified atom stereocenters.